The van der Waals surface area contributed by atoms with E-state index in [1.165, 1.54) is 12.1 Å². The van der Waals surface area contributed by atoms with Crippen molar-refractivity contribution in [3.63, 3.8) is 0 Å². The SMILES string of the molecule is COc1ccc(F)cc1CCC(=O)N1CCCNCC1. The van der Waals surface area contributed by atoms with Crippen LogP contribution in [0.5, 0.6) is 5.75 Å². The molecule has 0 atom stereocenters. The van der Waals surface area contributed by atoms with Crippen LogP contribution >= 0.6 is 0 Å². The number of nitrogens with zero attached hydrogens (tertiary/aromatic N) is 1. The fourth-order valence-electron chi connectivity index (χ4n) is 2.44. The van der Waals surface area contributed by atoms with Crippen molar-refractivity contribution in [3.05, 3.63) is 29.6 Å². The third-order valence-corrected chi connectivity index (χ3v) is 3.54. The third kappa shape index (κ3) is 3.93. The van der Waals surface area contributed by atoms with E-state index in [-0.39, 0.29) is 11.7 Å². The van der Waals surface area contributed by atoms with Crippen LogP contribution < -0.4 is 10.1 Å². The van der Waals surface area contributed by atoms with Crippen LogP contribution in [0.15, 0.2) is 18.2 Å². The Labute approximate surface area is 118 Å². The van der Waals surface area contributed by atoms with E-state index >= 15 is 0 Å². The largest absolute Gasteiger partial charge is 0.496 e. The number of carbonyl (C=O) groups excluding carboxylic acids is 1. The number of nitrogens with one attached hydrogen (secondary N) is 1. The minimum atomic E-state index is -0.299. The standard InChI is InChI=1S/C15H21FN2O2/c1-20-14-5-4-13(16)11-12(14)3-6-15(19)18-9-2-7-17-8-10-18/h4-5,11,17H,2-3,6-10H2,1H3. The number of ether oxygens (including phenoxy) is 1. The van der Waals surface area contributed by atoms with Gasteiger partial charge < -0.3 is 15.0 Å². The number of hydrogen-bond acceptors (Lipinski definition) is 3. The first kappa shape index (κ1) is 14.8. The lowest BCUT2D eigenvalue weighted by Crippen LogP contribution is -2.34. The highest BCUT2D eigenvalue weighted by molar-refractivity contribution is 5.76. The van der Waals surface area contributed by atoms with Crippen LogP contribution in [0.25, 0.3) is 0 Å². The Kier molecular flexibility index (Phi) is 5.35. The molecule has 0 unspecified atom stereocenters. The number of halogens is 1. The third-order valence-electron chi connectivity index (χ3n) is 3.54. The summed E-state index contributed by atoms with van der Waals surface area (Å²) in [5.74, 6) is 0.462. The Morgan fingerprint density at radius 3 is 3.05 bits per heavy atom. The number of methoxy groups -OCH3 is 1. The van der Waals surface area contributed by atoms with Gasteiger partial charge in [0.2, 0.25) is 5.91 Å². The average molecular weight is 280 g/mol. The van der Waals surface area contributed by atoms with Gasteiger partial charge in [0, 0.05) is 26.1 Å². The van der Waals surface area contributed by atoms with E-state index in [1.54, 1.807) is 13.2 Å². The summed E-state index contributed by atoms with van der Waals surface area (Å²) in [6, 6.07) is 4.41. The Hall–Kier alpha value is -1.62. The molecule has 0 bridgehead atoms. The highest BCUT2D eigenvalue weighted by Crippen LogP contribution is 2.21. The number of rotatable bonds is 4. The van der Waals surface area contributed by atoms with Crippen LogP contribution in [0.2, 0.25) is 0 Å². The molecule has 0 aromatic heterocycles. The normalized spacial score (nSPS) is 15.8. The van der Waals surface area contributed by atoms with Crippen LogP contribution in [-0.4, -0.2) is 44.1 Å². The summed E-state index contributed by atoms with van der Waals surface area (Å²) in [4.78, 5) is 14.1. The Balaban J connectivity index is 1.93. The second-order valence-electron chi connectivity index (χ2n) is 4.94. The molecule has 1 N–H and O–H groups in total. The summed E-state index contributed by atoms with van der Waals surface area (Å²) in [5, 5.41) is 3.27. The maximum absolute atomic E-state index is 13.3. The summed E-state index contributed by atoms with van der Waals surface area (Å²) in [7, 11) is 1.55. The van der Waals surface area contributed by atoms with Crippen molar-refractivity contribution < 1.29 is 13.9 Å². The molecule has 5 heteroatoms. The first-order valence-corrected chi connectivity index (χ1v) is 7.01. The summed E-state index contributed by atoms with van der Waals surface area (Å²) >= 11 is 0. The smallest absolute Gasteiger partial charge is 0.222 e. The van der Waals surface area contributed by atoms with E-state index in [9.17, 15) is 9.18 Å². The van der Waals surface area contributed by atoms with Gasteiger partial charge in [0.25, 0.3) is 0 Å². The van der Waals surface area contributed by atoms with Crippen molar-refractivity contribution in [2.24, 2.45) is 0 Å². The number of aryl methyl sites for hydroxylation is 1. The monoisotopic (exact) mass is 280 g/mol. The minimum Gasteiger partial charge on any atom is -0.496 e. The van der Waals surface area contributed by atoms with Gasteiger partial charge in [0.1, 0.15) is 11.6 Å². The molecule has 110 valence electrons. The van der Waals surface area contributed by atoms with Crippen molar-refractivity contribution in [1.82, 2.24) is 10.2 Å². The maximum Gasteiger partial charge on any atom is 0.222 e. The summed E-state index contributed by atoms with van der Waals surface area (Å²) in [6.45, 7) is 3.35. The van der Waals surface area contributed by atoms with Crippen LogP contribution in [0.4, 0.5) is 4.39 Å². The van der Waals surface area contributed by atoms with E-state index in [2.05, 4.69) is 5.32 Å². The number of carbonyl (C=O) groups is 1. The molecule has 1 heterocycles. The molecule has 0 aliphatic carbocycles. The molecule has 0 radical (unpaired) electrons. The highest BCUT2D eigenvalue weighted by Gasteiger charge is 2.16. The van der Waals surface area contributed by atoms with Gasteiger partial charge in [-0.05, 0) is 43.1 Å². The zero-order chi connectivity index (χ0) is 14.4. The molecular formula is C15H21FN2O2. The fraction of sp³-hybridized carbons (Fsp3) is 0.533. The van der Waals surface area contributed by atoms with Gasteiger partial charge in [0.15, 0.2) is 0 Å². The van der Waals surface area contributed by atoms with E-state index < -0.39 is 0 Å². The van der Waals surface area contributed by atoms with Crippen molar-refractivity contribution in [1.29, 1.82) is 0 Å². The molecule has 1 aliphatic heterocycles. The van der Waals surface area contributed by atoms with Gasteiger partial charge >= 0.3 is 0 Å². The first-order chi connectivity index (χ1) is 9.70. The van der Waals surface area contributed by atoms with E-state index in [0.29, 0.717) is 18.6 Å². The number of benzene rings is 1. The van der Waals surface area contributed by atoms with E-state index in [4.69, 9.17) is 4.74 Å². The minimum absolute atomic E-state index is 0.125. The predicted molar refractivity (Wildman–Crippen MR) is 75.3 cm³/mol. The summed E-state index contributed by atoms with van der Waals surface area (Å²) in [6.07, 6.45) is 1.87. The molecule has 1 aromatic carbocycles. The second kappa shape index (κ2) is 7.24. The lowest BCUT2D eigenvalue weighted by atomic mass is 10.1. The second-order valence-corrected chi connectivity index (χ2v) is 4.94. The zero-order valence-corrected chi connectivity index (χ0v) is 11.8. The number of hydrogen-bond donors (Lipinski definition) is 1. The van der Waals surface area contributed by atoms with Gasteiger partial charge in [-0.2, -0.15) is 0 Å². The van der Waals surface area contributed by atoms with Crippen LogP contribution in [0.3, 0.4) is 0 Å². The molecule has 0 saturated carbocycles. The predicted octanol–water partition coefficient (Wildman–Crippen LogP) is 1.59. The van der Waals surface area contributed by atoms with Crippen molar-refractivity contribution in [3.8, 4) is 5.75 Å². The van der Waals surface area contributed by atoms with Crippen LogP contribution in [-0.2, 0) is 11.2 Å². The van der Waals surface area contributed by atoms with Crippen molar-refractivity contribution in [2.75, 3.05) is 33.3 Å². The molecule has 1 aromatic rings. The fourth-order valence-corrected chi connectivity index (χ4v) is 2.44. The lowest BCUT2D eigenvalue weighted by molar-refractivity contribution is -0.130. The zero-order valence-electron chi connectivity index (χ0n) is 11.8. The van der Waals surface area contributed by atoms with Gasteiger partial charge in [-0.3, -0.25) is 4.79 Å². The molecular weight excluding hydrogens is 259 g/mol. The Morgan fingerprint density at radius 2 is 2.25 bits per heavy atom. The molecule has 1 saturated heterocycles. The van der Waals surface area contributed by atoms with E-state index in [1.807, 2.05) is 4.90 Å². The Bertz CT molecular complexity index is 457. The van der Waals surface area contributed by atoms with Crippen LogP contribution in [0.1, 0.15) is 18.4 Å². The summed E-state index contributed by atoms with van der Waals surface area (Å²) in [5.41, 5.74) is 0.744. The topological polar surface area (TPSA) is 41.6 Å². The van der Waals surface area contributed by atoms with Gasteiger partial charge in [-0.15, -0.1) is 0 Å². The molecule has 0 spiro atoms. The molecule has 1 fully saturated rings. The number of amides is 1. The molecule has 2 rings (SSSR count). The van der Waals surface area contributed by atoms with Crippen molar-refractivity contribution >= 4 is 5.91 Å². The summed E-state index contributed by atoms with van der Waals surface area (Å²) < 4.78 is 18.5. The average Bonchev–Trinajstić information content (AvgIpc) is 2.74. The Morgan fingerprint density at radius 1 is 1.40 bits per heavy atom. The molecule has 1 aliphatic rings. The maximum atomic E-state index is 13.3. The quantitative estimate of drug-likeness (QED) is 0.910. The molecule has 4 nitrogen and oxygen atoms in total. The van der Waals surface area contributed by atoms with Crippen molar-refractivity contribution in [2.45, 2.75) is 19.3 Å². The van der Waals surface area contributed by atoms with Gasteiger partial charge in [0.05, 0.1) is 7.11 Å². The van der Waals surface area contributed by atoms with E-state index in [0.717, 1.165) is 38.2 Å². The first-order valence-electron chi connectivity index (χ1n) is 7.01. The molecule has 20 heavy (non-hydrogen) atoms. The lowest BCUT2D eigenvalue weighted by Gasteiger charge is -2.20. The molecule has 1 amide bonds. The van der Waals surface area contributed by atoms with Gasteiger partial charge in [-0.1, -0.05) is 0 Å². The van der Waals surface area contributed by atoms with Gasteiger partial charge in [-0.25, -0.2) is 4.39 Å². The highest BCUT2D eigenvalue weighted by atomic mass is 19.1. The van der Waals surface area contributed by atoms with Crippen LogP contribution in [0, 0.1) is 5.82 Å².